The van der Waals surface area contributed by atoms with E-state index >= 15 is 0 Å². The van der Waals surface area contributed by atoms with Gasteiger partial charge in [0.2, 0.25) is 5.91 Å². The van der Waals surface area contributed by atoms with Crippen LogP contribution in [0, 0.1) is 17.3 Å². The number of amides is 2. The third kappa shape index (κ3) is 4.39. The normalized spacial score (nSPS) is 19.1. The third-order valence-electron chi connectivity index (χ3n) is 7.65. The van der Waals surface area contributed by atoms with Crippen molar-refractivity contribution in [2.24, 2.45) is 17.3 Å². The Hall–Kier alpha value is -3.35. The number of carboxylic acids is 1. The minimum absolute atomic E-state index is 0.0320. The molecule has 1 fully saturated rings. The highest BCUT2D eigenvalue weighted by atomic mass is 16.5. The quantitative estimate of drug-likeness (QED) is 0.544. The minimum Gasteiger partial charge on any atom is -0.481 e. The van der Waals surface area contributed by atoms with Crippen molar-refractivity contribution >= 4 is 18.0 Å². The molecule has 7 heteroatoms. The van der Waals surface area contributed by atoms with E-state index in [4.69, 9.17) is 9.84 Å². The number of nitrogens with one attached hydrogen (secondary N) is 2. The van der Waals surface area contributed by atoms with Crippen LogP contribution in [0.4, 0.5) is 4.79 Å². The summed E-state index contributed by atoms with van der Waals surface area (Å²) in [6.07, 6.45) is -0.00174. The Bertz CT molecular complexity index is 1080. The fourth-order valence-electron chi connectivity index (χ4n) is 4.55. The maximum absolute atomic E-state index is 12.9. The molecule has 0 bridgehead atoms. The van der Waals surface area contributed by atoms with Crippen LogP contribution in [-0.4, -0.2) is 41.8 Å². The largest absolute Gasteiger partial charge is 0.481 e. The molecule has 2 aliphatic carbocycles. The molecular weight excluding hydrogens is 432 g/mol. The van der Waals surface area contributed by atoms with Crippen molar-refractivity contribution in [2.75, 3.05) is 13.2 Å². The number of hydrogen-bond donors (Lipinski definition) is 3. The molecule has 0 aromatic heterocycles. The van der Waals surface area contributed by atoms with Gasteiger partial charge in [-0.1, -0.05) is 48.5 Å². The van der Waals surface area contributed by atoms with Crippen molar-refractivity contribution in [2.45, 2.75) is 45.6 Å². The van der Waals surface area contributed by atoms with Crippen LogP contribution in [0.5, 0.6) is 0 Å². The average molecular weight is 465 g/mol. The van der Waals surface area contributed by atoms with E-state index in [1.807, 2.05) is 24.3 Å². The standard InChI is InChI=1S/C27H32N2O5/c1-26(2,24(32)28-14-16-13-21(16)23(30)31)27(3,4)29-25(33)34-15-22-19-11-7-5-9-17(19)18-10-6-8-12-20(18)22/h5-12,16,21-22H,13-15H2,1-4H3,(H,28,32)(H,29,33)(H,30,31)/t16-,21-/m0/s1. The Kier molecular flexibility index (Phi) is 6.14. The van der Waals surface area contributed by atoms with Crippen LogP contribution in [0.1, 0.15) is 51.2 Å². The number of ether oxygens (including phenoxy) is 1. The molecule has 34 heavy (non-hydrogen) atoms. The zero-order chi connectivity index (χ0) is 24.7. The molecule has 4 rings (SSSR count). The van der Waals surface area contributed by atoms with E-state index in [-0.39, 0.29) is 30.3 Å². The van der Waals surface area contributed by atoms with Crippen LogP contribution in [-0.2, 0) is 14.3 Å². The number of rotatable bonds is 8. The summed E-state index contributed by atoms with van der Waals surface area (Å²) in [5.74, 6) is -1.52. The molecule has 0 aliphatic heterocycles. The molecule has 0 unspecified atom stereocenters. The Balaban J connectivity index is 1.36. The first-order chi connectivity index (χ1) is 16.0. The minimum atomic E-state index is -0.952. The lowest BCUT2D eigenvalue weighted by molar-refractivity contribution is -0.139. The van der Waals surface area contributed by atoms with Gasteiger partial charge < -0.3 is 20.5 Å². The summed E-state index contributed by atoms with van der Waals surface area (Å²) in [5.41, 5.74) is 2.73. The number of hydrogen-bond acceptors (Lipinski definition) is 4. The van der Waals surface area contributed by atoms with E-state index in [0.717, 1.165) is 22.3 Å². The number of fused-ring (bicyclic) bond motifs is 3. The van der Waals surface area contributed by atoms with E-state index in [2.05, 4.69) is 34.9 Å². The van der Waals surface area contributed by atoms with Crippen molar-refractivity contribution in [3.05, 3.63) is 59.7 Å². The number of carbonyl (C=O) groups excluding carboxylic acids is 2. The second kappa shape index (κ2) is 8.78. The maximum Gasteiger partial charge on any atom is 0.407 e. The molecule has 2 aromatic rings. The van der Waals surface area contributed by atoms with Gasteiger partial charge >= 0.3 is 12.1 Å². The molecule has 0 spiro atoms. The highest BCUT2D eigenvalue weighted by Crippen LogP contribution is 2.44. The van der Waals surface area contributed by atoms with Crippen molar-refractivity contribution in [3.63, 3.8) is 0 Å². The van der Waals surface area contributed by atoms with E-state index in [1.54, 1.807) is 27.7 Å². The van der Waals surface area contributed by atoms with Crippen LogP contribution < -0.4 is 10.6 Å². The van der Waals surface area contributed by atoms with Gasteiger partial charge in [0.15, 0.2) is 0 Å². The molecule has 2 aliphatic rings. The monoisotopic (exact) mass is 464 g/mol. The third-order valence-corrected chi connectivity index (χ3v) is 7.65. The first kappa shape index (κ1) is 23.8. The van der Waals surface area contributed by atoms with Gasteiger partial charge in [0.1, 0.15) is 6.61 Å². The molecule has 3 N–H and O–H groups in total. The van der Waals surface area contributed by atoms with Crippen LogP contribution >= 0.6 is 0 Å². The van der Waals surface area contributed by atoms with Crippen molar-refractivity contribution < 1.29 is 24.2 Å². The zero-order valence-corrected chi connectivity index (χ0v) is 20.1. The van der Waals surface area contributed by atoms with Crippen LogP contribution in [0.15, 0.2) is 48.5 Å². The van der Waals surface area contributed by atoms with Crippen molar-refractivity contribution in [3.8, 4) is 11.1 Å². The molecule has 2 amide bonds. The second-order valence-corrected chi connectivity index (χ2v) is 10.4. The topological polar surface area (TPSA) is 105 Å². The summed E-state index contributed by atoms with van der Waals surface area (Å²) in [6, 6.07) is 16.3. The Morgan fingerprint density at radius 1 is 0.971 bits per heavy atom. The fraction of sp³-hybridized carbons (Fsp3) is 0.444. The summed E-state index contributed by atoms with van der Waals surface area (Å²) in [4.78, 5) is 36.7. The van der Waals surface area contributed by atoms with E-state index < -0.39 is 23.0 Å². The summed E-state index contributed by atoms with van der Waals surface area (Å²) in [6.45, 7) is 7.60. The maximum atomic E-state index is 12.9. The highest BCUT2D eigenvalue weighted by Gasteiger charge is 2.47. The lowest BCUT2D eigenvalue weighted by atomic mass is 9.73. The molecule has 0 saturated heterocycles. The molecule has 0 radical (unpaired) electrons. The van der Waals surface area contributed by atoms with Crippen LogP contribution in [0.3, 0.4) is 0 Å². The SMILES string of the molecule is CC(C)(NC(=O)OCC1c2ccccc2-c2ccccc21)C(C)(C)C(=O)NC[C@@H]1C[C@@H]1C(=O)O. The predicted molar refractivity (Wildman–Crippen MR) is 128 cm³/mol. The van der Waals surface area contributed by atoms with Gasteiger partial charge in [0.25, 0.3) is 0 Å². The summed E-state index contributed by atoms with van der Waals surface area (Å²) in [5, 5.41) is 14.8. The molecule has 1 saturated carbocycles. The number of aliphatic carboxylic acids is 1. The molecule has 2 atom stereocenters. The molecule has 0 heterocycles. The lowest BCUT2D eigenvalue weighted by Crippen LogP contribution is -2.59. The number of alkyl carbamates (subject to hydrolysis) is 1. The highest BCUT2D eigenvalue weighted by molar-refractivity contribution is 5.85. The molecule has 180 valence electrons. The van der Waals surface area contributed by atoms with Gasteiger partial charge in [-0.25, -0.2) is 4.79 Å². The summed E-state index contributed by atoms with van der Waals surface area (Å²) < 4.78 is 5.65. The molecule has 2 aromatic carbocycles. The van der Waals surface area contributed by atoms with Gasteiger partial charge in [-0.05, 0) is 62.3 Å². The Labute approximate surface area is 199 Å². The van der Waals surface area contributed by atoms with Crippen molar-refractivity contribution in [1.82, 2.24) is 10.6 Å². The number of benzene rings is 2. The van der Waals surface area contributed by atoms with Crippen molar-refractivity contribution in [1.29, 1.82) is 0 Å². The van der Waals surface area contributed by atoms with E-state index in [0.29, 0.717) is 13.0 Å². The fourth-order valence-corrected chi connectivity index (χ4v) is 4.55. The zero-order valence-electron chi connectivity index (χ0n) is 20.1. The smallest absolute Gasteiger partial charge is 0.407 e. The number of carbonyl (C=O) groups is 3. The second-order valence-electron chi connectivity index (χ2n) is 10.4. The Morgan fingerprint density at radius 2 is 1.53 bits per heavy atom. The molecular formula is C27H32N2O5. The van der Waals surface area contributed by atoms with Crippen LogP contribution in [0.25, 0.3) is 11.1 Å². The van der Waals surface area contributed by atoms with Gasteiger partial charge in [-0.3, -0.25) is 9.59 Å². The first-order valence-electron chi connectivity index (χ1n) is 11.7. The van der Waals surface area contributed by atoms with Gasteiger partial charge in [0.05, 0.1) is 16.9 Å². The lowest BCUT2D eigenvalue weighted by Gasteiger charge is -2.40. The predicted octanol–water partition coefficient (Wildman–Crippen LogP) is 4.17. The summed E-state index contributed by atoms with van der Waals surface area (Å²) in [7, 11) is 0. The summed E-state index contributed by atoms with van der Waals surface area (Å²) >= 11 is 0. The first-order valence-corrected chi connectivity index (χ1v) is 11.7. The van der Waals surface area contributed by atoms with E-state index in [9.17, 15) is 14.4 Å². The molecule has 7 nitrogen and oxygen atoms in total. The van der Waals surface area contributed by atoms with Gasteiger partial charge in [0, 0.05) is 12.5 Å². The van der Waals surface area contributed by atoms with Gasteiger partial charge in [-0.2, -0.15) is 0 Å². The van der Waals surface area contributed by atoms with Crippen LogP contribution in [0.2, 0.25) is 0 Å². The average Bonchev–Trinajstić information content (AvgIpc) is 3.51. The Morgan fingerprint density at radius 3 is 2.06 bits per heavy atom. The van der Waals surface area contributed by atoms with Gasteiger partial charge in [-0.15, -0.1) is 0 Å². The number of carboxylic acid groups (broad SMARTS) is 1. The van der Waals surface area contributed by atoms with E-state index in [1.165, 1.54) is 0 Å².